The van der Waals surface area contributed by atoms with E-state index in [-0.39, 0.29) is 0 Å². The molecule has 2 heteroatoms. The van der Waals surface area contributed by atoms with Gasteiger partial charge in [0.25, 0.3) is 5.82 Å². The number of nitrogens with zero attached hydrogens (tertiary/aromatic N) is 2. The van der Waals surface area contributed by atoms with Gasteiger partial charge in [-0.25, -0.2) is 9.13 Å². The summed E-state index contributed by atoms with van der Waals surface area (Å²) in [5, 5.41) is 0. The molecule has 24 heavy (non-hydrogen) atoms. The van der Waals surface area contributed by atoms with Gasteiger partial charge in [-0.1, -0.05) is 69.4 Å². The van der Waals surface area contributed by atoms with Gasteiger partial charge in [0.15, 0.2) is 0 Å². The fraction of sp³-hybridized carbons (Fsp3) is 0.591. The molecule has 1 heterocycles. The van der Waals surface area contributed by atoms with Crippen molar-refractivity contribution in [3.05, 3.63) is 54.1 Å². The van der Waals surface area contributed by atoms with Crippen molar-refractivity contribution >= 4 is 0 Å². The van der Waals surface area contributed by atoms with Crippen LogP contribution < -0.4 is 4.57 Å². The zero-order valence-electron chi connectivity index (χ0n) is 15.9. The van der Waals surface area contributed by atoms with E-state index in [4.69, 9.17) is 0 Å². The molecule has 0 aliphatic carbocycles. The van der Waals surface area contributed by atoms with Gasteiger partial charge >= 0.3 is 0 Å². The Morgan fingerprint density at radius 1 is 0.917 bits per heavy atom. The summed E-state index contributed by atoms with van der Waals surface area (Å²) in [5.41, 5.74) is 1.39. The first-order valence-electron chi connectivity index (χ1n) is 9.85. The lowest BCUT2D eigenvalue weighted by Crippen LogP contribution is -2.37. The summed E-state index contributed by atoms with van der Waals surface area (Å²) >= 11 is 0. The van der Waals surface area contributed by atoms with Crippen LogP contribution in [0.15, 0.2) is 42.7 Å². The van der Waals surface area contributed by atoms with Crippen LogP contribution in [0.2, 0.25) is 0 Å². The van der Waals surface area contributed by atoms with Gasteiger partial charge in [0.2, 0.25) is 0 Å². The third kappa shape index (κ3) is 5.81. The SMILES string of the molecule is CCCCCCCCC[n+]1ccn(C(C)C)c1Cc1ccccc1. The summed E-state index contributed by atoms with van der Waals surface area (Å²) < 4.78 is 4.90. The van der Waals surface area contributed by atoms with Crippen molar-refractivity contribution in [3.8, 4) is 0 Å². The Labute approximate surface area is 148 Å². The van der Waals surface area contributed by atoms with E-state index in [1.807, 2.05) is 0 Å². The Kier molecular flexibility index (Phi) is 8.07. The molecule has 0 spiro atoms. The van der Waals surface area contributed by atoms with Crippen LogP contribution in [-0.2, 0) is 13.0 Å². The van der Waals surface area contributed by atoms with E-state index in [0.29, 0.717) is 6.04 Å². The van der Waals surface area contributed by atoms with Gasteiger partial charge in [0, 0.05) is 0 Å². The van der Waals surface area contributed by atoms with Gasteiger partial charge < -0.3 is 0 Å². The predicted octanol–water partition coefficient (Wildman–Crippen LogP) is 5.70. The smallest absolute Gasteiger partial charge is 0.234 e. The molecule has 2 aromatic rings. The van der Waals surface area contributed by atoms with Crippen LogP contribution in [0.3, 0.4) is 0 Å². The third-order valence-electron chi connectivity index (χ3n) is 4.80. The second kappa shape index (κ2) is 10.3. The zero-order valence-corrected chi connectivity index (χ0v) is 15.9. The molecule has 0 unspecified atom stereocenters. The number of hydrogen-bond donors (Lipinski definition) is 0. The number of unbranched alkanes of at least 4 members (excludes halogenated alkanes) is 6. The molecule has 1 aromatic carbocycles. The maximum absolute atomic E-state index is 2.47. The number of rotatable bonds is 11. The number of aromatic nitrogens is 2. The topological polar surface area (TPSA) is 8.81 Å². The van der Waals surface area contributed by atoms with Crippen LogP contribution in [0.5, 0.6) is 0 Å². The van der Waals surface area contributed by atoms with E-state index in [1.165, 1.54) is 56.3 Å². The van der Waals surface area contributed by atoms with Crippen molar-refractivity contribution in [1.82, 2.24) is 4.57 Å². The molecule has 0 saturated heterocycles. The van der Waals surface area contributed by atoms with E-state index >= 15 is 0 Å². The molecule has 2 rings (SSSR count). The standard InChI is InChI=1S/C22H35N2/c1-4-5-6-7-8-9-13-16-23-17-18-24(20(2)3)22(23)19-21-14-11-10-12-15-21/h10-12,14-15,17-18,20H,4-9,13,16,19H2,1-3H3/q+1. The highest BCUT2D eigenvalue weighted by Crippen LogP contribution is 2.13. The molecule has 0 aliphatic rings. The van der Waals surface area contributed by atoms with Gasteiger partial charge in [0.1, 0.15) is 12.4 Å². The molecular weight excluding hydrogens is 292 g/mol. The molecule has 0 atom stereocenters. The molecular formula is C22H35N2+. The number of aryl methyl sites for hydroxylation is 1. The normalized spacial score (nSPS) is 11.3. The third-order valence-corrected chi connectivity index (χ3v) is 4.80. The number of benzene rings is 1. The maximum Gasteiger partial charge on any atom is 0.261 e. The van der Waals surface area contributed by atoms with Crippen molar-refractivity contribution < 1.29 is 4.57 Å². The first-order valence-corrected chi connectivity index (χ1v) is 9.85. The summed E-state index contributed by atoms with van der Waals surface area (Å²) in [5.74, 6) is 1.43. The highest BCUT2D eigenvalue weighted by atomic mass is 15.2. The van der Waals surface area contributed by atoms with E-state index in [1.54, 1.807) is 0 Å². The summed E-state index contributed by atoms with van der Waals surface area (Å²) in [7, 11) is 0. The lowest BCUT2D eigenvalue weighted by Gasteiger charge is -2.08. The fourth-order valence-corrected chi connectivity index (χ4v) is 3.36. The quantitative estimate of drug-likeness (QED) is 0.370. The molecule has 0 radical (unpaired) electrons. The van der Waals surface area contributed by atoms with Crippen LogP contribution in [0.4, 0.5) is 0 Å². The van der Waals surface area contributed by atoms with Crippen molar-refractivity contribution in [2.75, 3.05) is 0 Å². The van der Waals surface area contributed by atoms with Gasteiger partial charge in [-0.05, 0) is 32.3 Å². The first-order chi connectivity index (χ1) is 11.7. The molecule has 132 valence electrons. The largest absolute Gasteiger partial charge is 0.261 e. The number of hydrogen-bond acceptors (Lipinski definition) is 0. The van der Waals surface area contributed by atoms with Crippen LogP contribution in [0.1, 0.15) is 83.1 Å². The van der Waals surface area contributed by atoms with E-state index < -0.39 is 0 Å². The first kappa shape index (κ1) is 18.8. The van der Waals surface area contributed by atoms with Crippen molar-refractivity contribution in [1.29, 1.82) is 0 Å². The average Bonchev–Trinajstić information content (AvgIpc) is 2.98. The molecule has 2 nitrogen and oxygen atoms in total. The number of imidazole rings is 1. The summed E-state index contributed by atoms with van der Waals surface area (Å²) in [6.07, 6.45) is 15.1. The molecule has 0 N–H and O–H groups in total. The Hall–Kier alpha value is -1.57. The average molecular weight is 328 g/mol. The minimum absolute atomic E-state index is 0.513. The van der Waals surface area contributed by atoms with E-state index in [2.05, 4.69) is 72.6 Å². The van der Waals surface area contributed by atoms with Crippen LogP contribution in [0, 0.1) is 0 Å². The molecule has 0 saturated carbocycles. The van der Waals surface area contributed by atoms with Crippen LogP contribution >= 0.6 is 0 Å². The second-order valence-electron chi connectivity index (χ2n) is 7.19. The maximum atomic E-state index is 2.47. The Morgan fingerprint density at radius 3 is 2.25 bits per heavy atom. The van der Waals surface area contributed by atoms with E-state index in [0.717, 1.165) is 13.0 Å². The lowest BCUT2D eigenvalue weighted by atomic mass is 10.1. The van der Waals surface area contributed by atoms with Crippen molar-refractivity contribution in [2.45, 2.75) is 84.7 Å². The van der Waals surface area contributed by atoms with Gasteiger partial charge in [-0.2, -0.15) is 0 Å². The van der Waals surface area contributed by atoms with Gasteiger partial charge in [0.05, 0.1) is 19.0 Å². The Bertz CT molecular complexity index is 569. The van der Waals surface area contributed by atoms with Crippen LogP contribution in [0.25, 0.3) is 0 Å². The predicted molar refractivity (Wildman–Crippen MR) is 102 cm³/mol. The highest BCUT2D eigenvalue weighted by Gasteiger charge is 2.19. The molecule has 1 aromatic heterocycles. The minimum Gasteiger partial charge on any atom is -0.234 e. The Balaban J connectivity index is 1.92. The molecule has 0 amide bonds. The molecule has 0 bridgehead atoms. The van der Waals surface area contributed by atoms with Gasteiger partial charge in [-0.3, -0.25) is 0 Å². The molecule has 0 aliphatic heterocycles. The Morgan fingerprint density at radius 2 is 1.58 bits per heavy atom. The lowest BCUT2D eigenvalue weighted by molar-refractivity contribution is -0.704. The van der Waals surface area contributed by atoms with Crippen molar-refractivity contribution in [2.24, 2.45) is 0 Å². The summed E-state index contributed by atoms with van der Waals surface area (Å²) in [4.78, 5) is 0. The van der Waals surface area contributed by atoms with E-state index in [9.17, 15) is 0 Å². The second-order valence-corrected chi connectivity index (χ2v) is 7.19. The highest BCUT2D eigenvalue weighted by molar-refractivity contribution is 5.18. The van der Waals surface area contributed by atoms with Crippen molar-refractivity contribution in [3.63, 3.8) is 0 Å². The monoisotopic (exact) mass is 327 g/mol. The molecule has 0 fully saturated rings. The fourth-order valence-electron chi connectivity index (χ4n) is 3.36. The van der Waals surface area contributed by atoms with Gasteiger partial charge in [-0.15, -0.1) is 0 Å². The minimum atomic E-state index is 0.513. The van der Waals surface area contributed by atoms with Crippen LogP contribution in [-0.4, -0.2) is 4.57 Å². The summed E-state index contributed by atoms with van der Waals surface area (Å²) in [6.45, 7) is 7.97. The summed E-state index contributed by atoms with van der Waals surface area (Å²) in [6, 6.07) is 11.3. The zero-order chi connectivity index (χ0) is 17.2.